The highest BCUT2D eigenvalue weighted by Gasteiger charge is 2.24. The van der Waals surface area contributed by atoms with Crippen molar-refractivity contribution in [1.82, 2.24) is 15.1 Å². The van der Waals surface area contributed by atoms with Gasteiger partial charge in [-0.15, -0.1) is 10.2 Å². The molecule has 37 heavy (non-hydrogen) atoms. The van der Waals surface area contributed by atoms with Gasteiger partial charge in [0, 0.05) is 19.0 Å². The van der Waals surface area contributed by atoms with Crippen LogP contribution in [0.4, 0.5) is 0 Å². The second kappa shape index (κ2) is 10.6. The number of hydrogen-bond acceptors (Lipinski definition) is 8. The maximum Gasteiger partial charge on any atom is 0.283 e. The maximum absolute atomic E-state index is 10.7. The Morgan fingerprint density at radius 3 is 2.84 bits per heavy atom. The van der Waals surface area contributed by atoms with E-state index in [-0.39, 0.29) is 6.61 Å². The van der Waals surface area contributed by atoms with E-state index in [0.29, 0.717) is 47.8 Å². The van der Waals surface area contributed by atoms with Crippen molar-refractivity contribution >= 4 is 11.0 Å². The van der Waals surface area contributed by atoms with Crippen molar-refractivity contribution in [2.24, 2.45) is 0 Å². The molecule has 1 atom stereocenters. The van der Waals surface area contributed by atoms with E-state index in [1.165, 1.54) is 11.1 Å². The summed E-state index contributed by atoms with van der Waals surface area (Å²) in [5.74, 6) is 3.71. The van der Waals surface area contributed by atoms with Crippen LogP contribution in [0.1, 0.15) is 49.1 Å². The van der Waals surface area contributed by atoms with Gasteiger partial charge in [0.2, 0.25) is 5.89 Å². The first kappa shape index (κ1) is 24.0. The number of ether oxygens (including phenoxy) is 2. The fourth-order valence-electron chi connectivity index (χ4n) is 5.38. The number of hydrogen-bond donors (Lipinski definition) is 1. The molecule has 6 rings (SSSR count). The molecule has 0 unspecified atom stereocenters. The Balaban J connectivity index is 1.03. The van der Waals surface area contributed by atoms with Crippen LogP contribution < -0.4 is 9.47 Å². The van der Waals surface area contributed by atoms with Crippen LogP contribution in [0.25, 0.3) is 22.6 Å². The lowest BCUT2D eigenvalue weighted by Gasteiger charge is -2.33. The molecule has 0 saturated carbocycles. The number of rotatable bonds is 8. The number of fused-ring (bicyclic) bond motifs is 2. The largest absolute Gasteiger partial charge is 0.493 e. The van der Waals surface area contributed by atoms with Gasteiger partial charge in [0.05, 0.1) is 12.0 Å². The minimum atomic E-state index is -0.581. The first-order valence-electron chi connectivity index (χ1n) is 13.3. The van der Waals surface area contributed by atoms with Gasteiger partial charge in [-0.3, -0.25) is 0 Å². The number of benzene rings is 2. The summed E-state index contributed by atoms with van der Waals surface area (Å²) in [7, 11) is 0. The lowest BCUT2D eigenvalue weighted by Crippen LogP contribution is -2.40. The van der Waals surface area contributed by atoms with Crippen molar-refractivity contribution in [3.63, 3.8) is 0 Å². The minimum absolute atomic E-state index is 0.213. The smallest absolute Gasteiger partial charge is 0.283 e. The molecule has 0 spiro atoms. The van der Waals surface area contributed by atoms with Gasteiger partial charge >= 0.3 is 0 Å². The van der Waals surface area contributed by atoms with E-state index in [1.807, 2.05) is 31.2 Å². The van der Waals surface area contributed by atoms with Crippen molar-refractivity contribution in [2.75, 3.05) is 32.8 Å². The zero-order valence-corrected chi connectivity index (χ0v) is 21.2. The third-order valence-electron chi connectivity index (χ3n) is 7.39. The van der Waals surface area contributed by atoms with Crippen molar-refractivity contribution < 1.29 is 23.4 Å². The third-order valence-corrected chi connectivity index (χ3v) is 7.39. The second-order valence-corrected chi connectivity index (χ2v) is 9.99. The van der Waals surface area contributed by atoms with E-state index >= 15 is 0 Å². The monoisotopic (exact) mass is 503 g/mol. The number of aliphatic hydroxyl groups excluding tert-OH is 1. The van der Waals surface area contributed by atoms with E-state index in [9.17, 15) is 5.11 Å². The molecule has 0 bridgehead atoms. The number of nitrogens with zero attached hydrogens (tertiary/aromatic N) is 3. The third kappa shape index (κ3) is 5.22. The number of aromatic nitrogens is 2. The van der Waals surface area contributed by atoms with E-state index in [2.05, 4.69) is 33.3 Å². The average molecular weight is 504 g/mol. The predicted molar refractivity (Wildman–Crippen MR) is 139 cm³/mol. The Kier molecular flexibility index (Phi) is 6.85. The molecule has 0 amide bonds. The molecule has 1 saturated heterocycles. The van der Waals surface area contributed by atoms with Gasteiger partial charge in [0.1, 0.15) is 29.8 Å². The Hall–Kier alpha value is -3.36. The lowest BCUT2D eigenvalue weighted by molar-refractivity contribution is 0.0599. The number of furan rings is 1. The summed E-state index contributed by atoms with van der Waals surface area (Å²) in [4.78, 5) is 2.34. The van der Waals surface area contributed by atoms with Gasteiger partial charge < -0.3 is 28.3 Å². The molecule has 8 heteroatoms. The molecule has 4 aromatic rings. The summed E-state index contributed by atoms with van der Waals surface area (Å²) >= 11 is 0. The number of piperidine rings is 1. The minimum Gasteiger partial charge on any atom is -0.493 e. The second-order valence-electron chi connectivity index (χ2n) is 9.99. The standard InChI is InChI=1S/C29H33N3O5/c1-2-28-30-31-29(37-28)27-16-23-25(6-3-7-26(23)36-27)35-18-22(33)17-32-12-10-19(11-13-32)20-8-9-24-21(15-20)5-4-14-34-24/h3,6-9,15-16,19,22,33H,2,4-5,10-14,17-18H2,1H3/t22-/m0/s1. The Labute approximate surface area is 216 Å². The zero-order valence-electron chi connectivity index (χ0n) is 21.2. The highest BCUT2D eigenvalue weighted by molar-refractivity contribution is 5.87. The Morgan fingerprint density at radius 2 is 2.00 bits per heavy atom. The normalized spacial score (nSPS) is 17.5. The number of β-amino-alcohol motifs (C(OH)–C–C–N with tert-alkyl or cyclic N) is 1. The molecule has 194 valence electrons. The van der Waals surface area contributed by atoms with Gasteiger partial charge in [-0.1, -0.05) is 25.1 Å². The number of aryl methyl sites for hydroxylation is 2. The predicted octanol–water partition coefficient (Wildman–Crippen LogP) is 4.99. The SMILES string of the molecule is CCc1nnc(-c2cc3c(OC[C@@H](O)CN4CCC(c5ccc6c(c5)CCCO6)CC4)cccc3o2)o1. The molecule has 2 aliphatic heterocycles. The zero-order chi connectivity index (χ0) is 25.2. The first-order valence-corrected chi connectivity index (χ1v) is 13.3. The van der Waals surface area contributed by atoms with Gasteiger partial charge in [0.25, 0.3) is 5.89 Å². The lowest BCUT2D eigenvalue weighted by atomic mass is 9.87. The summed E-state index contributed by atoms with van der Waals surface area (Å²) in [6, 6.07) is 14.2. The molecule has 0 aliphatic carbocycles. The highest BCUT2D eigenvalue weighted by Crippen LogP contribution is 2.34. The van der Waals surface area contributed by atoms with E-state index in [4.69, 9.17) is 18.3 Å². The molecule has 2 aliphatic rings. The molecular weight excluding hydrogens is 470 g/mol. The molecule has 1 fully saturated rings. The van der Waals surface area contributed by atoms with E-state index in [0.717, 1.165) is 56.5 Å². The molecule has 1 N–H and O–H groups in total. The molecule has 2 aromatic carbocycles. The number of likely N-dealkylation sites (tertiary alicyclic amines) is 1. The summed E-state index contributed by atoms with van der Waals surface area (Å²) in [6.07, 6.45) is 4.49. The Bertz CT molecular complexity index is 1350. The fourth-order valence-corrected chi connectivity index (χ4v) is 5.38. The molecule has 4 heterocycles. The summed E-state index contributed by atoms with van der Waals surface area (Å²) in [6.45, 7) is 5.54. The van der Waals surface area contributed by atoms with Crippen molar-refractivity contribution in [3.8, 4) is 23.1 Å². The average Bonchev–Trinajstić information content (AvgIpc) is 3.59. The topological polar surface area (TPSA) is 94.0 Å². The van der Waals surface area contributed by atoms with Crippen LogP contribution in [0.5, 0.6) is 11.5 Å². The van der Waals surface area contributed by atoms with Crippen molar-refractivity contribution in [3.05, 3.63) is 59.5 Å². The van der Waals surface area contributed by atoms with Crippen LogP contribution in [0.15, 0.2) is 51.3 Å². The van der Waals surface area contributed by atoms with Gasteiger partial charge in [-0.2, -0.15) is 0 Å². The van der Waals surface area contributed by atoms with E-state index < -0.39 is 6.10 Å². The quantitative estimate of drug-likeness (QED) is 0.359. The van der Waals surface area contributed by atoms with E-state index in [1.54, 1.807) is 0 Å². The number of aliphatic hydroxyl groups is 1. The fraction of sp³-hybridized carbons (Fsp3) is 0.448. The van der Waals surface area contributed by atoms with Crippen LogP contribution in [0.2, 0.25) is 0 Å². The molecule has 8 nitrogen and oxygen atoms in total. The van der Waals surface area contributed by atoms with Crippen LogP contribution in [-0.4, -0.2) is 59.2 Å². The van der Waals surface area contributed by atoms with Gasteiger partial charge in [-0.05, 0) is 74.0 Å². The summed E-state index contributed by atoms with van der Waals surface area (Å²) in [5.41, 5.74) is 3.45. The van der Waals surface area contributed by atoms with Crippen LogP contribution >= 0.6 is 0 Å². The summed E-state index contributed by atoms with van der Waals surface area (Å²) in [5, 5.41) is 19.6. The van der Waals surface area contributed by atoms with Crippen LogP contribution in [0.3, 0.4) is 0 Å². The molecular formula is C29H33N3O5. The van der Waals surface area contributed by atoms with Crippen LogP contribution in [0, 0.1) is 0 Å². The molecule has 0 radical (unpaired) electrons. The van der Waals surface area contributed by atoms with Crippen molar-refractivity contribution in [2.45, 2.75) is 51.0 Å². The van der Waals surface area contributed by atoms with Crippen LogP contribution in [-0.2, 0) is 12.8 Å². The van der Waals surface area contributed by atoms with Gasteiger partial charge in [0.15, 0.2) is 5.76 Å². The Morgan fingerprint density at radius 1 is 1.11 bits per heavy atom. The van der Waals surface area contributed by atoms with Crippen molar-refractivity contribution in [1.29, 1.82) is 0 Å². The van der Waals surface area contributed by atoms with Gasteiger partial charge in [-0.25, -0.2) is 0 Å². The first-order chi connectivity index (χ1) is 18.2. The maximum atomic E-state index is 10.7. The highest BCUT2D eigenvalue weighted by atomic mass is 16.5. The summed E-state index contributed by atoms with van der Waals surface area (Å²) < 4.78 is 23.3. The molecule has 2 aromatic heterocycles.